The normalized spacial score (nSPS) is 8.31. The van der Waals surface area contributed by atoms with E-state index >= 15 is 0 Å². The van der Waals surface area contributed by atoms with Crippen molar-refractivity contribution in [2.75, 3.05) is 13.5 Å². The Hall–Kier alpha value is -1.09. The molecule has 0 aliphatic rings. The SMILES string of the molecule is CCl.COc1ccc(C=O)c(F)c1. The van der Waals surface area contributed by atoms with Gasteiger partial charge in [0.15, 0.2) is 6.29 Å². The quantitative estimate of drug-likeness (QED) is 0.547. The van der Waals surface area contributed by atoms with Crippen molar-refractivity contribution in [3.8, 4) is 5.75 Å². The first-order valence-electron chi connectivity index (χ1n) is 3.44. The zero-order chi connectivity index (χ0) is 10.3. The maximum absolute atomic E-state index is 12.7. The van der Waals surface area contributed by atoms with Gasteiger partial charge in [-0.05, 0) is 12.1 Å². The van der Waals surface area contributed by atoms with E-state index in [-0.39, 0.29) is 5.56 Å². The third-order valence-corrected chi connectivity index (χ3v) is 1.33. The van der Waals surface area contributed by atoms with E-state index in [0.717, 1.165) is 0 Å². The zero-order valence-corrected chi connectivity index (χ0v) is 8.14. The van der Waals surface area contributed by atoms with Crippen LogP contribution in [0.1, 0.15) is 10.4 Å². The highest BCUT2D eigenvalue weighted by Gasteiger charge is 2.00. The minimum absolute atomic E-state index is 0.0470. The summed E-state index contributed by atoms with van der Waals surface area (Å²) in [5, 5.41) is 0. The van der Waals surface area contributed by atoms with E-state index in [2.05, 4.69) is 11.6 Å². The van der Waals surface area contributed by atoms with Gasteiger partial charge in [0.05, 0.1) is 12.7 Å². The van der Waals surface area contributed by atoms with Gasteiger partial charge in [-0.15, -0.1) is 11.6 Å². The molecule has 0 aliphatic carbocycles. The number of methoxy groups -OCH3 is 1. The summed E-state index contributed by atoms with van der Waals surface area (Å²) in [5.41, 5.74) is 0.0470. The number of aldehydes is 1. The van der Waals surface area contributed by atoms with Gasteiger partial charge in [-0.2, -0.15) is 0 Å². The van der Waals surface area contributed by atoms with Crippen LogP contribution < -0.4 is 4.74 Å². The molecule has 0 heterocycles. The van der Waals surface area contributed by atoms with Gasteiger partial charge in [0, 0.05) is 12.4 Å². The lowest BCUT2D eigenvalue weighted by molar-refractivity contribution is 0.112. The first kappa shape index (κ1) is 11.9. The summed E-state index contributed by atoms with van der Waals surface area (Å²) in [7, 11) is 1.44. The fraction of sp³-hybridized carbons (Fsp3) is 0.222. The highest BCUT2D eigenvalue weighted by atomic mass is 35.5. The third kappa shape index (κ3) is 3.42. The van der Waals surface area contributed by atoms with E-state index in [1.807, 2.05) is 0 Å². The van der Waals surface area contributed by atoms with Crippen LogP contribution in [0.25, 0.3) is 0 Å². The standard InChI is InChI=1S/C8H7FO2.CH3Cl/c1-11-7-3-2-6(5-10)8(9)4-7;1-2/h2-5H,1H3;1H3. The number of ether oxygens (including phenoxy) is 1. The van der Waals surface area contributed by atoms with Crippen LogP contribution in [0.3, 0.4) is 0 Å². The summed E-state index contributed by atoms with van der Waals surface area (Å²) >= 11 is 4.64. The molecule has 0 unspecified atom stereocenters. The molecular formula is C9H10ClFO2. The topological polar surface area (TPSA) is 26.3 Å². The number of hydrogen-bond donors (Lipinski definition) is 0. The lowest BCUT2D eigenvalue weighted by Crippen LogP contribution is -1.89. The van der Waals surface area contributed by atoms with E-state index in [1.54, 1.807) is 0 Å². The average molecular weight is 205 g/mol. The van der Waals surface area contributed by atoms with E-state index in [0.29, 0.717) is 12.0 Å². The van der Waals surface area contributed by atoms with Crippen LogP contribution >= 0.6 is 11.6 Å². The summed E-state index contributed by atoms with van der Waals surface area (Å²) in [6, 6.07) is 4.08. The first-order chi connectivity index (χ1) is 6.27. The van der Waals surface area contributed by atoms with Crippen molar-refractivity contribution in [1.82, 2.24) is 0 Å². The minimum Gasteiger partial charge on any atom is -0.497 e. The molecule has 0 radical (unpaired) electrons. The van der Waals surface area contributed by atoms with Crippen LogP contribution in [0.15, 0.2) is 18.2 Å². The molecule has 1 aromatic rings. The van der Waals surface area contributed by atoms with Gasteiger partial charge < -0.3 is 4.74 Å². The fourth-order valence-electron chi connectivity index (χ4n) is 0.730. The second-order valence-corrected chi connectivity index (χ2v) is 2.01. The van der Waals surface area contributed by atoms with Gasteiger partial charge in [-0.25, -0.2) is 4.39 Å². The molecule has 0 amide bonds. The largest absolute Gasteiger partial charge is 0.497 e. The Balaban J connectivity index is 0.000000671. The van der Waals surface area contributed by atoms with Gasteiger partial charge >= 0.3 is 0 Å². The fourth-order valence-corrected chi connectivity index (χ4v) is 0.730. The molecule has 0 aromatic heterocycles. The Morgan fingerprint density at radius 1 is 1.46 bits per heavy atom. The Kier molecular flexibility index (Phi) is 5.89. The molecule has 0 spiro atoms. The number of benzene rings is 1. The van der Waals surface area contributed by atoms with Crippen molar-refractivity contribution >= 4 is 17.9 Å². The highest BCUT2D eigenvalue weighted by molar-refractivity contribution is 6.15. The van der Waals surface area contributed by atoms with Crippen molar-refractivity contribution in [1.29, 1.82) is 0 Å². The molecule has 0 saturated carbocycles. The molecule has 4 heteroatoms. The second kappa shape index (κ2) is 6.43. The van der Waals surface area contributed by atoms with E-state index in [9.17, 15) is 9.18 Å². The Labute approximate surface area is 81.3 Å². The molecule has 0 aliphatic heterocycles. The number of alkyl halides is 1. The van der Waals surface area contributed by atoms with Gasteiger partial charge in [-0.3, -0.25) is 4.79 Å². The molecule has 0 atom stereocenters. The molecule has 1 aromatic carbocycles. The predicted octanol–water partition coefficient (Wildman–Crippen LogP) is 2.50. The lowest BCUT2D eigenvalue weighted by atomic mass is 10.2. The van der Waals surface area contributed by atoms with Crippen LogP contribution in [0.5, 0.6) is 5.75 Å². The van der Waals surface area contributed by atoms with Crippen LogP contribution in [0, 0.1) is 5.82 Å². The molecule has 0 saturated heterocycles. The van der Waals surface area contributed by atoms with Crippen molar-refractivity contribution < 1.29 is 13.9 Å². The van der Waals surface area contributed by atoms with E-state index < -0.39 is 5.82 Å². The number of hydrogen-bond acceptors (Lipinski definition) is 2. The highest BCUT2D eigenvalue weighted by Crippen LogP contribution is 2.14. The van der Waals surface area contributed by atoms with Crippen molar-refractivity contribution in [3.63, 3.8) is 0 Å². The van der Waals surface area contributed by atoms with Gasteiger partial charge in [0.1, 0.15) is 11.6 Å². The maximum atomic E-state index is 12.7. The van der Waals surface area contributed by atoms with Crippen LogP contribution in [-0.4, -0.2) is 19.8 Å². The Morgan fingerprint density at radius 2 is 2.08 bits per heavy atom. The van der Waals surface area contributed by atoms with E-state index in [1.165, 1.54) is 31.7 Å². The van der Waals surface area contributed by atoms with Crippen molar-refractivity contribution in [2.45, 2.75) is 0 Å². The molecule has 13 heavy (non-hydrogen) atoms. The van der Waals surface area contributed by atoms with Crippen molar-refractivity contribution in [2.24, 2.45) is 0 Å². The van der Waals surface area contributed by atoms with Crippen LogP contribution in [0.4, 0.5) is 4.39 Å². The van der Waals surface area contributed by atoms with E-state index in [4.69, 9.17) is 4.74 Å². The van der Waals surface area contributed by atoms with Gasteiger partial charge in [0.2, 0.25) is 0 Å². The van der Waals surface area contributed by atoms with Gasteiger partial charge in [-0.1, -0.05) is 0 Å². The zero-order valence-electron chi connectivity index (χ0n) is 7.38. The summed E-state index contributed by atoms with van der Waals surface area (Å²) in [5.74, 6) is -0.146. The minimum atomic E-state index is -0.556. The summed E-state index contributed by atoms with van der Waals surface area (Å²) in [6.07, 6.45) is 1.94. The number of halogens is 2. The Morgan fingerprint density at radius 3 is 2.46 bits per heavy atom. The summed E-state index contributed by atoms with van der Waals surface area (Å²) in [6.45, 7) is 0. The maximum Gasteiger partial charge on any atom is 0.152 e. The van der Waals surface area contributed by atoms with Crippen molar-refractivity contribution in [3.05, 3.63) is 29.6 Å². The molecule has 0 fully saturated rings. The average Bonchev–Trinajstić information content (AvgIpc) is 2.20. The molecule has 0 bridgehead atoms. The molecule has 2 nitrogen and oxygen atoms in total. The first-order valence-corrected chi connectivity index (χ1v) is 4.20. The number of rotatable bonds is 2. The molecular weight excluding hydrogens is 195 g/mol. The molecule has 0 N–H and O–H groups in total. The smallest absolute Gasteiger partial charge is 0.152 e. The molecule has 72 valence electrons. The second-order valence-electron chi connectivity index (χ2n) is 2.01. The summed E-state index contributed by atoms with van der Waals surface area (Å²) < 4.78 is 17.5. The van der Waals surface area contributed by atoms with Crippen LogP contribution in [0.2, 0.25) is 0 Å². The molecule has 1 rings (SSSR count). The number of carbonyl (C=O) groups excluding carboxylic acids is 1. The summed E-state index contributed by atoms with van der Waals surface area (Å²) in [4.78, 5) is 10.1. The lowest BCUT2D eigenvalue weighted by Gasteiger charge is -1.99. The van der Waals surface area contributed by atoms with Gasteiger partial charge in [0.25, 0.3) is 0 Å². The third-order valence-electron chi connectivity index (χ3n) is 1.33. The number of carbonyl (C=O) groups is 1. The monoisotopic (exact) mass is 204 g/mol. The van der Waals surface area contributed by atoms with Crippen LogP contribution in [-0.2, 0) is 0 Å². The Bertz CT molecular complexity index is 276. The predicted molar refractivity (Wildman–Crippen MR) is 50.1 cm³/mol.